The molecule has 0 spiro atoms. The summed E-state index contributed by atoms with van der Waals surface area (Å²) in [5.41, 5.74) is 0.778. The van der Waals surface area contributed by atoms with Crippen LogP contribution in [0.2, 0.25) is 0 Å². The summed E-state index contributed by atoms with van der Waals surface area (Å²) in [5.74, 6) is 0.159. The summed E-state index contributed by atoms with van der Waals surface area (Å²) in [7, 11) is 0. The van der Waals surface area contributed by atoms with Crippen LogP contribution in [0.5, 0.6) is 0 Å². The first-order valence-corrected chi connectivity index (χ1v) is 4.17. The monoisotopic (exact) mass is 166 g/mol. The van der Waals surface area contributed by atoms with E-state index in [1.54, 1.807) is 6.08 Å². The van der Waals surface area contributed by atoms with Crippen molar-refractivity contribution in [2.75, 3.05) is 0 Å². The van der Waals surface area contributed by atoms with Crippen LogP contribution in [0.15, 0.2) is 24.3 Å². The number of esters is 1. The highest BCUT2D eigenvalue weighted by Crippen LogP contribution is 2.25. The molecule has 2 unspecified atom stereocenters. The van der Waals surface area contributed by atoms with Crippen molar-refractivity contribution in [3.63, 3.8) is 0 Å². The van der Waals surface area contributed by atoms with Gasteiger partial charge in [-0.2, -0.15) is 0 Å². The zero-order valence-electron chi connectivity index (χ0n) is 7.54. The maximum Gasteiger partial charge on any atom is 0.334 e. The van der Waals surface area contributed by atoms with E-state index in [-0.39, 0.29) is 12.1 Å². The van der Waals surface area contributed by atoms with Gasteiger partial charge in [-0.15, -0.1) is 0 Å². The van der Waals surface area contributed by atoms with E-state index in [4.69, 9.17) is 4.74 Å². The molecule has 1 rings (SSSR count). The second-order valence-electron chi connectivity index (χ2n) is 3.10. The number of carbonyl (C=O) groups excluding carboxylic acids is 1. The van der Waals surface area contributed by atoms with Crippen molar-refractivity contribution in [3.8, 4) is 0 Å². The summed E-state index contributed by atoms with van der Waals surface area (Å²) in [5, 5.41) is 0. The average Bonchev–Trinajstić information content (AvgIpc) is 2.08. The SMILES string of the molecule is C=CC1OC(=O)/C(=C\C)CC1C. The fraction of sp³-hybridized carbons (Fsp3) is 0.500. The minimum absolute atomic E-state index is 0.110. The zero-order valence-corrected chi connectivity index (χ0v) is 7.54. The second kappa shape index (κ2) is 3.57. The Labute approximate surface area is 72.9 Å². The number of hydrogen-bond donors (Lipinski definition) is 0. The predicted molar refractivity (Wildman–Crippen MR) is 47.6 cm³/mol. The molecule has 1 aliphatic rings. The molecular weight excluding hydrogens is 152 g/mol. The Hall–Kier alpha value is -1.05. The first-order chi connectivity index (χ1) is 5.69. The molecule has 1 aliphatic heterocycles. The highest BCUT2D eigenvalue weighted by molar-refractivity contribution is 5.89. The molecule has 2 atom stereocenters. The average molecular weight is 166 g/mol. The Morgan fingerprint density at radius 3 is 2.83 bits per heavy atom. The molecule has 0 saturated carbocycles. The summed E-state index contributed by atoms with van der Waals surface area (Å²) < 4.78 is 5.13. The van der Waals surface area contributed by atoms with E-state index in [1.807, 2.05) is 13.0 Å². The van der Waals surface area contributed by atoms with Gasteiger partial charge in [0, 0.05) is 11.5 Å². The fourth-order valence-electron chi connectivity index (χ4n) is 1.38. The quantitative estimate of drug-likeness (QED) is 0.338. The first kappa shape index (κ1) is 9.04. The van der Waals surface area contributed by atoms with Crippen LogP contribution in [0, 0.1) is 5.92 Å². The normalized spacial score (nSPS) is 33.2. The number of cyclic esters (lactones) is 1. The smallest absolute Gasteiger partial charge is 0.334 e. The van der Waals surface area contributed by atoms with Crippen LogP contribution in [0.1, 0.15) is 20.3 Å². The van der Waals surface area contributed by atoms with E-state index in [0.29, 0.717) is 5.92 Å². The highest BCUT2D eigenvalue weighted by Gasteiger charge is 2.28. The third-order valence-electron chi connectivity index (χ3n) is 2.19. The number of hydrogen-bond acceptors (Lipinski definition) is 2. The van der Waals surface area contributed by atoms with Crippen molar-refractivity contribution in [2.24, 2.45) is 5.92 Å². The van der Waals surface area contributed by atoms with Gasteiger partial charge in [0.05, 0.1) is 0 Å². The lowest BCUT2D eigenvalue weighted by Gasteiger charge is -2.27. The Morgan fingerprint density at radius 2 is 2.33 bits per heavy atom. The van der Waals surface area contributed by atoms with Crippen LogP contribution >= 0.6 is 0 Å². The van der Waals surface area contributed by atoms with Gasteiger partial charge < -0.3 is 4.74 Å². The van der Waals surface area contributed by atoms with Gasteiger partial charge in [0.25, 0.3) is 0 Å². The molecule has 0 aromatic rings. The van der Waals surface area contributed by atoms with E-state index in [2.05, 4.69) is 13.5 Å². The molecule has 2 nitrogen and oxygen atoms in total. The van der Waals surface area contributed by atoms with Gasteiger partial charge in [0.2, 0.25) is 0 Å². The highest BCUT2D eigenvalue weighted by atomic mass is 16.5. The van der Waals surface area contributed by atoms with Gasteiger partial charge >= 0.3 is 5.97 Å². The number of ether oxygens (including phenoxy) is 1. The molecule has 1 heterocycles. The third kappa shape index (κ3) is 1.58. The molecule has 0 aromatic heterocycles. The molecular formula is C10H14O2. The molecule has 0 bridgehead atoms. The van der Waals surface area contributed by atoms with Crippen LogP contribution in [0.3, 0.4) is 0 Å². The van der Waals surface area contributed by atoms with E-state index in [0.717, 1.165) is 12.0 Å². The molecule has 0 aromatic carbocycles. The van der Waals surface area contributed by atoms with E-state index in [9.17, 15) is 4.79 Å². The fourth-order valence-corrected chi connectivity index (χ4v) is 1.38. The third-order valence-corrected chi connectivity index (χ3v) is 2.19. The van der Waals surface area contributed by atoms with Crippen LogP contribution in [-0.4, -0.2) is 12.1 Å². The largest absolute Gasteiger partial charge is 0.454 e. The van der Waals surface area contributed by atoms with Gasteiger partial charge in [0.15, 0.2) is 0 Å². The summed E-state index contributed by atoms with van der Waals surface area (Å²) in [6.07, 6.45) is 4.19. The first-order valence-electron chi connectivity index (χ1n) is 4.17. The lowest BCUT2D eigenvalue weighted by molar-refractivity contribution is -0.147. The molecule has 0 N–H and O–H groups in total. The maximum absolute atomic E-state index is 11.2. The molecule has 12 heavy (non-hydrogen) atoms. The van der Waals surface area contributed by atoms with Gasteiger partial charge in [-0.25, -0.2) is 4.79 Å². The van der Waals surface area contributed by atoms with Crippen molar-refractivity contribution in [2.45, 2.75) is 26.4 Å². The minimum atomic E-state index is -0.194. The molecule has 2 heteroatoms. The lowest BCUT2D eigenvalue weighted by atomic mass is 9.93. The molecule has 66 valence electrons. The Morgan fingerprint density at radius 1 is 1.67 bits per heavy atom. The van der Waals surface area contributed by atoms with Gasteiger partial charge in [-0.3, -0.25) is 0 Å². The van der Waals surface area contributed by atoms with Crippen molar-refractivity contribution in [3.05, 3.63) is 24.3 Å². The van der Waals surface area contributed by atoms with Crippen LogP contribution < -0.4 is 0 Å². The van der Waals surface area contributed by atoms with Crippen molar-refractivity contribution in [1.29, 1.82) is 0 Å². The standard InChI is InChI=1S/C10H14O2/c1-4-8-6-7(3)9(5-2)12-10(8)11/h4-5,7,9H,2,6H2,1,3H3/b8-4-. The minimum Gasteiger partial charge on any atom is -0.454 e. The maximum atomic E-state index is 11.2. The Balaban J connectivity index is 2.74. The van der Waals surface area contributed by atoms with Crippen molar-refractivity contribution < 1.29 is 9.53 Å². The second-order valence-corrected chi connectivity index (χ2v) is 3.10. The Bertz CT molecular complexity index is 228. The predicted octanol–water partition coefficient (Wildman–Crippen LogP) is 2.07. The molecule has 1 fully saturated rings. The number of allylic oxidation sites excluding steroid dienone is 1. The van der Waals surface area contributed by atoms with E-state index >= 15 is 0 Å². The summed E-state index contributed by atoms with van der Waals surface area (Å²) in [6.45, 7) is 7.54. The van der Waals surface area contributed by atoms with Crippen molar-refractivity contribution in [1.82, 2.24) is 0 Å². The summed E-state index contributed by atoms with van der Waals surface area (Å²) in [4.78, 5) is 11.2. The van der Waals surface area contributed by atoms with Crippen LogP contribution in [0.4, 0.5) is 0 Å². The number of rotatable bonds is 1. The van der Waals surface area contributed by atoms with E-state index < -0.39 is 0 Å². The van der Waals surface area contributed by atoms with Crippen LogP contribution in [-0.2, 0) is 9.53 Å². The Kier molecular flexibility index (Phi) is 2.69. The molecule has 0 amide bonds. The van der Waals surface area contributed by atoms with Gasteiger partial charge in [-0.05, 0) is 13.3 Å². The van der Waals surface area contributed by atoms with Crippen LogP contribution in [0.25, 0.3) is 0 Å². The summed E-state index contributed by atoms with van der Waals surface area (Å²) >= 11 is 0. The molecule has 0 aliphatic carbocycles. The van der Waals surface area contributed by atoms with Crippen molar-refractivity contribution >= 4 is 5.97 Å². The van der Waals surface area contributed by atoms with Gasteiger partial charge in [0.1, 0.15) is 6.10 Å². The topological polar surface area (TPSA) is 26.3 Å². The lowest BCUT2D eigenvalue weighted by Crippen LogP contribution is -2.30. The summed E-state index contributed by atoms with van der Waals surface area (Å²) in [6, 6.07) is 0. The number of carbonyl (C=O) groups is 1. The van der Waals surface area contributed by atoms with E-state index in [1.165, 1.54) is 0 Å². The zero-order chi connectivity index (χ0) is 9.14. The molecule has 1 saturated heterocycles. The molecule has 0 radical (unpaired) electrons. The van der Waals surface area contributed by atoms with Gasteiger partial charge in [-0.1, -0.05) is 25.7 Å².